The largest absolute Gasteiger partial charge is 0.497 e. The topological polar surface area (TPSA) is 101 Å². The highest BCUT2D eigenvalue weighted by Gasteiger charge is 2.59. The Kier molecular flexibility index (Phi) is 6.59. The van der Waals surface area contributed by atoms with Crippen molar-refractivity contribution in [3.63, 3.8) is 0 Å². The summed E-state index contributed by atoms with van der Waals surface area (Å²) in [5, 5.41) is 12.4. The number of nitro benzene ring substituents is 1. The number of hydrogen-bond acceptors (Lipinski definition) is 6. The fourth-order valence-electron chi connectivity index (χ4n) is 5.50. The lowest BCUT2D eigenvalue weighted by molar-refractivity contribution is -0.383. The molecule has 2 heterocycles. The molecule has 0 bridgehead atoms. The average molecular weight is 498 g/mol. The van der Waals surface area contributed by atoms with Crippen molar-refractivity contribution in [3.8, 4) is 0 Å². The molecule has 1 fully saturated rings. The molecule has 0 unspecified atom stereocenters. The van der Waals surface area contributed by atoms with Crippen LogP contribution in [-0.2, 0) is 19.3 Å². The third-order valence-electron chi connectivity index (χ3n) is 7.61. The summed E-state index contributed by atoms with van der Waals surface area (Å²) < 4.78 is 41.6. The molecule has 0 aliphatic carbocycles. The Morgan fingerprint density at radius 3 is 1.97 bits per heavy atom. The summed E-state index contributed by atoms with van der Waals surface area (Å²) in [6.07, 6.45) is 4.32. The first-order valence-corrected chi connectivity index (χ1v) is 13.5. The van der Waals surface area contributed by atoms with E-state index >= 15 is 0 Å². The third kappa shape index (κ3) is 3.79. The van der Waals surface area contributed by atoms with Crippen molar-refractivity contribution < 1.29 is 22.6 Å². The van der Waals surface area contributed by atoms with Gasteiger partial charge in [-0.25, -0.2) is 12.4 Å². The molecule has 0 amide bonds. The normalized spacial score (nSPS) is 17.2. The van der Waals surface area contributed by atoms with Crippen molar-refractivity contribution in [3.05, 3.63) is 64.3 Å². The van der Waals surface area contributed by atoms with Crippen molar-refractivity contribution in [1.82, 2.24) is 3.97 Å². The number of rotatable bonds is 8. The van der Waals surface area contributed by atoms with Gasteiger partial charge in [0.1, 0.15) is 5.52 Å². The minimum atomic E-state index is -4.13. The molecular weight excluding hydrogens is 467 g/mol. The monoisotopic (exact) mass is 498 g/mol. The van der Waals surface area contributed by atoms with Gasteiger partial charge in [-0.3, -0.25) is 10.1 Å². The number of para-hydroxylation sites is 1. The number of aryl methyl sites for hydroxylation is 1. The van der Waals surface area contributed by atoms with E-state index in [4.69, 9.17) is 9.31 Å². The maximum atomic E-state index is 13.7. The fraction of sp³-hybridized carbons (Fsp3) is 0.440. The Hall–Kier alpha value is -2.69. The molecule has 2 aromatic carbocycles. The maximum absolute atomic E-state index is 13.7. The van der Waals surface area contributed by atoms with Crippen LogP contribution < -0.4 is 5.46 Å². The Balaban J connectivity index is 1.97. The highest BCUT2D eigenvalue weighted by atomic mass is 32.2. The van der Waals surface area contributed by atoms with E-state index in [0.29, 0.717) is 10.8 Å². The van der Waals surface area contributed by atoms with E-state index in [0.717, 1.165) is 35.2 Å². The summed E-state index contributed by atoms with van der Waals surface area (Å²) >= 11 is 0. The van der Waals surface area contributed by atoms with E-state index < -0.39 is 33.3 Å². The number of non-ortho nitro benzene ring substituents is 1. The van der Waals surface area contributed by atoms with Crippen LogP contribution in [0.3, 0.4) is 0 Å². The van der Waals surface area contributed by atoms with Crippen molar-refractivity contribution in [2.24, 2.45) is 0 Å². The molecule has 1 aliphatic heterocycles. The van der Waals surface area contributed by atoms with Gasteiger partial charge in [0, 0.05) is 23.1 Å². The minimum absolute atomic E-state index is 0.00405. The molecule has 10 heteroatoms. The van der Waals surface area contributed by atoms with Gasteiger partial charge < -0.3 is 9.31 Å². The van der Waals surface area contributed by atoms with Crippen molar-refractivity contribution in [2.75, 3.05) is 0 Å². The zero-order valence-corrected chi connectivity index (χ0v) is 21.6. The van der Waals surface area contributed by atoms with Gasteiger partial charge in [0.05, 0.1) is 21.0 Å². The summed E-state index contributed by atoms with van der Waals surface area (Å²) in [5.41, 5.74) is -0.0134. The second-order valence-electron chi connectivity index (χ2n) is 9.10. The van der Waals surface area contributed by atoms with Gasteiger partial charge in [-0.2, -0.15) is 0 Å². The Morgan fingerprint density at radius 2 is 1.49 bits per heavy atom. The summed E-state index contributed by atoms with van der Waals surface area (Å²) in [5.74, 6) is 0. The Bertz CT molecular complexity index is 1340. The molecule has 0 spiro atoms. The van der Waals surface area contributed by atoms with Crippen LogP contribution in [0.1, 0.15) is 58.9 Å². The summed E-state index contributed by atoms with van der Waals surface area (Å²) in [6, 6.07) is 11.0. The highest BCUT2D eigenvalue weighted by molar-refractivity contribution is 7.90. The predicted octanol–water partition coefficient (Wildman–Crippen LogP) is 4.95. The number of nitro groups is 1. The zero-order valence-electron chi connectivity index (χ0n) is 20.8. The lowest BCUT2D eigenvalue weighted by Gasteiger charge is -2.42. The van der Waals surface area contributed by atoms with Crippen LogP contribution in [0.2, 0.25) is 0 Å². The molecule has 186 valence electrons. The van der Waals surface area contributed by atoms with Crippen LogP contribution in [0.5, 0.6) is 0 Å². The minimum Gasteiger partial charge on any atom is -0.399 e. The van der Waals surface area contributed by atoms with Gasteiger partial charge >= 0.3 is 7.12 Å². The van der Waals surface area contributed by atoms with Gasteiger partial charge in [0.15, 0.2) is 0 Å². The first-order chi connectivity index (χ1) is 16.6. The second kappa shape index (κ2) is 9.07. The van der Waals surface area contributed by atoms with E-state index in [1.807, 2.05) is 6.92 Å². The van der Waals surface area contributed by atoms with Crippen LogP contribution in [0.25, 0.3) is 10.9 Å². The van der Waals surface area contributed by atoms with E-state index in [-0.39, 0.29) is 16.1 Å². The van der Waals surface area contributed by atoms with Crippen molar-refractivity contribution >= 4 is 39.2 Å². The van der Waals surface area contributed by atoms with E-state index in [1.165, 1.54) is 24.4 Å². The fourth-order valence-corrected chi connectivity index (χ4v) is 6.89. The molecule has 0 N–H and O–H groups in total. The Labute approximate surface area is 206 Å². The summed E-state index contributed by atoms with van der Waals surface area (Å²) in [7, 11) is -4.98. The molecule has 1 aromatic heterocycles. The van der Waals surface area contributed by atoms with E-state index in [1.54, 1.807) is 24.3 Å². The number of benzene rings is 2. The van der Waals surface area contributed by atoms with Crippen molar-refractivity contribution in [2.45, 2.75) is 76.4 Å². The molecule has 0 atom stereocenters. The zero-order chi connectivity index (χ0) is 25.6. The lowest BCUT2D eigenvalue weighted by atomic mass is 9.75. The van der Waals surface area contributed by atoms with Crippen LogP contribution in [-0.4, -0.2) is 35.6 Å². The van der Waals surface area contributed by atoms with Crippen LogP contribution >= 0.6 is 0 Å². The average Bonchev–Trinajstić information content (AvgIpc) is 3.41. The quantitative estimate of drug-likeness (QED) is 0.247. The molecule has 4 rings (SSSR count). The maximum Gasteiger partial charge on any atom is 0.497 e. The summed E-state index contributed by atoms with van der Waals surface area (Å²) in [6.45, 7) is 10.1. The number of nitrogens with zero attached hydrogens (tertiary/aromatic N) is 2. The van der Waals surface area contributed by atoms with Crippen LogP contribution in [0.15, 0.2) is 53.6 Å². The SMILES string of the molecule is CCC1(CC)OB(c2cn(S(=O)(=O)c3ccc(C)cc3)c3c([N+](=O)[O-])cccc23)OC1(CC)CC. The molecule has 0 radical (unpaired) electrons. The number of fused-ring (bicyclic) bond motifs is 1. The first-order valence-electron chi connectivity index (χ1n) is 12.1. The number of hydrogen-bond donors (Lipinski definition) is 0. The molecule has 0 saturated carbocycles. The standard InChI is InChI=1S/C25H31BN2O6S/c1-6-24(7-2)25(8-3,9-4)34-26(33-24)21-17-27(23-20(21)11-10-12-22(23)28(29)30)35(31,32)19-15-13-18(5)14-16-19/h10-17H,6-9H2,1-5H3. The smallest absolute Gasteiger partial charge is 0.399 e. The van der Waals surface area contributed by atoms with Gasteiger partial charge in [0.25, 0.3) is 15.7 Å². The van der Waals surface area contributed by atoms with Gasteiger partial charge in [-0.05, 0) is 44.7 Å². The number of aromatic nitrogens is 1. The molecule has 1 aliphatic rings. The van der Waals surface area contributed by atoms with E-state index in [9.17, 15) is 18.5 Å². The van der Waals surface area contributed by atoms with Crippen molar-refractivity contribution in [1.29, 1.82) is 0 Å². The molecule has 35 heavy (non-hydrogen) atoms. The van der Waals surface area contributed by atoms with Gasteiger partial charge in [-0.15, -0.1) is 0 Å². The lowest BCUT2D eigenvalue weighted by Crippen LogP contribution is -2.50. The molecule has 3 aromatic rings. The highest BCUT2D eigenvalue weighted by Crippen LogP contribution is 2.47. The van der Waals surface area contributed by atoms with E-state index in [2.05, 4.69) is 27.7 Å². The first kappa shape index (κ1) is 25.4. The molecule has 8 nitrogen and oxygen atoms in total. The van der Waals surface area contributed by atoms with Crippen LogP contribution in [0.4, 0.5) is 5.69 Å². The predicted molar refractivity (Wildman–Crippen MR) is 137 cm³/mol. The Morgan fingerprint density at radius 1 is 0.943 bits per heavy atom. The third-order valence-corrected chi connectivity index (χ3v) is 9.28. The van der Waals surface area contributed by atoms with Gasteiger partial charge in [-0.1, -0.05) is 57.5 Å². The van der Waals surface area contributed by atoms with Crippen LogP contribution in [0, 0.1) is 17.0 Å². The molecular formula is C25H31BN2O6S. The second-order valence-corrected chi connectivity index (χ2v) is 10.9. The summed E-state index contributed by atoms with van der Waals surface area (Å²) in [4.78, 5) is 11.4. The molecule has 1 saturated heterocycles. The van der Waals surface area contributed by atoms with Gasteiger partial charge in [0.2, 0.25) is 0 Å².